The quantitative estimate of drug-likeness (QED) is 0.812. The number of esters is 2. The molecule has 0 bridgehead atoms. The number of benzene rings is 2. The fourth-order valence-electron chi connectivity index (χ4n) is 3.15. The van der Waals surface area contributed by atoms with Crippen LogP contribution in [0, 0.1) is 0 Å². The van der Waals surface area contributed by atoms with Crippen molar-refractivity contribution in [1.29, 1.82) is 0 Å². The number of hydrogen-bond acceptors (Lipinski definition) is 6. The molecule has 2 aliphatic heterocycles. The summed E-state index contributed by atoms with van der Waals surface area (Å²) >= 11 is 0. The summed E-state index contributed by atoms with van der Waals surface area (Å²) in [6.07, 6.45) is -1.04. The molecule has 0 radical (unpaired) electrons. The zero-order chi connectivity index (χ0) is 15.4. The van der Waals surface area contributed by atoms with Crippen LogP contribution in [0.3, 0.4) is 0 Å². The lowest BCUT2D eigenvalue weighted by atomic mass is 9.94. The van der Waals surface area contributed by atoms with E-state index in [1.54, 1.807) is 18.2 Å². The number of phenols is 1. The van der Waals surface area contributed by atoms with Gasteiger partial charge >= 0.3 is 11.9 Å². The lowest BCUT2D eigenvalue weighted by molar-refractivity contribution is -0.141. The molecule has 0 amide bonds. The fourth-order valence-corrected chi connectivity index (χ4v) is 3.15. The Balaban J connectivity index is 2.07. The van der Waals surface area contributed by atoms with E-state index >= 15 is 0 Å². The van der Waals surface area contributed by atoms with E-state index < -0.39 is 18.2 Å². The van der Waals surface area contributed by atoms with Crippen LogP contribution in [-0.2, 0) is 14.3 Å². The van der Waals surface area contributed by atoms with Crippen molar-refractivity contribution in [3.63, 3.8) is 0 Å². The summed E-state index contributed by atoms with van der Waals surface area (Å²) in [6.45, 7) is 0. The molecule has 2 heterocycles. The molecule has 0 aliphatic carbocycles. The van der Waals surface area contributed by atoms with Gasteiger partial charge in [-0.3, -0.25) is 4.79 Å². The van der Waals surface area contributed by atoms with Crippen molar-refractivity contribution in [2.24, 2.45) is 0 Å². The molecule has 2 aromatic rings. The molecule has 2 unspecified atom stereocenters. The third kappa shape index (κ3) is 1.55. The van der Waals surface area contributed by atoms with E-state index in [-0.39, 0.29) is 23.7 Å². The second kappa shape index (κ2) is 4.37. The zero-order valence-electron chi connectivity index (χ0n) is 11.7. The van der Waals surface area contributed by atoms with Crippen molar-refractivity contribution >= 4 is 22.7 Å². The SMILES string of the molecule is COC(=O)c1c2c(c3ccccc3c1O)OC1CC(=O)OC21. The summed E-state index contributed by atoms with van der Waals surface area (Å²) in [7, 11) is 1.23. The molecular weight excluding hydrogens is 288 g/mol. The second-order valence-electron chi connectivity index (χ2n) is 5.27. The highest BCUT2D eigenvalue weighted by molar-refractivity contribution is 6.06. The Bertz CT molecular complexity index is 825. The average molecular weight is 300 g/mol. The number of methoxy groups -OCH3 is 1. The molecule has 2 atom stereocenters. The van der Waals surface area contributed by atoms with Gasteiger partial charge in [0, 0.05) is 10.8 Å². The van der Waals surface area contributed by atoms with Gasteiger partial charge in [-0.1, -0.05) is 24.3 Å². The zero-order valence-corrected chi connectivity index (χ0v) is 11.7. The van der Waals surface area contributed by atoms with Crippen molar-refractivity contribution in [3.8, 4) is 11.5 Å². The summed E-state index contributed by atoms with van der Waals surface area (Å²) < 4.78 is 15.9. The van der Waals surface area contributed by atoms with Crippen LogP contribution in [0.2, 0.25) is 0 Å². The number of rotatable bonds is 1. The van der Waals surface area contributed by atoms with Crippen LogP contribution in [0.1, 0.15) is 28.4 Å². The predicted octanol–water partition coefficient (Wildman–Crippen LogP) is 2.08. The Morgan fingerprint density at radius 3 is 2.73 bits per heavy atom. The smallest absolute Gasteiger partial charge is 0.342 e. The van der Waals surface area contributed by atoms with E-state index in [1.165, 1.54) is 7.11 Å². The molecule has 2 aliphatic rings. The Kier molecular flexibility index (Phi) is 2.57. The number of phenolic OH excluding ortho intramolecular Hbond substituents is 1. The maximum absolute atomic E-state index is 12.1. The van der Waals surface area contributed by atoms with Gasteiger partial charge in [0.25, 0.3) is 0 Å². The lowest BCUT2D eigenvalue weighted by Gasteiger charge is -2.14. The number of hydrogen-bond donors (Lipinski definition) is 1. The summed E-state index contributed by atoms with van der Waals surface area (Å²) in [4.78, 5) is 23.6. The maximum Gasteiger partial charge on any atom is 0.342 e. The number of ether oxygens (including phenoxy) is 3. The fraction of sp³-hybridized carbons (Fsp3) is 0.250. The minimum Gasteiger partial charge on any atom is -0.506 e. The first-order chi connectivity index (χ1) is 10.6. The number of aromatic hydroxyl groups is 1. The van der Waals surface area contributed by atoms with Gasteiger partial charge in [0.2, 0.25) is 0 Å². The first-order valence-corrected chi connectivity index (χ1v) is 6.84. The molecule has 6 heteroatoms. The molecule has 112 valence electrons. The van der Waals surface area contributed by atoms with E-state index in [1.807, 2.05) is 6.07 Å². The first kappa shape index (κ1) is 12.9. The van der Waals surface area contributed by atoms with E-state index in [9.17, 15) is 14.7 Å². The van der Waals surface area contributed by atoms with Crippen molar-refractivity contribution in [2.45, 2.75) is 18.6 Å². The van der Waals surface area contributed by atoms with Gasteiger partial charge in [0.15, 0.2) is 12.2 Å². The van der Waals surface area contributed by atoms with Crippen LogP contribution < -0.4 is 4.74 Å². The molecule has 2 aromatic carbocycles. The van der Waals surface area contributed by atoms with Crippen molar-refractivity contribution in [1.82, 2.24) is 0 Å². The molecule has 0 spiro atoms. The molecule has 6 nitrogen and oxygen atoms in total. The molecule has 1 fully saturated rings. The summed E-state index contributed by atoms with van der Waals surface area (Å²) in [6, 6.07) is 7.05. The van der Waals surface area contributed by atoms with Gasteiger partial charge in [0.1, 0.15) is 17.1 Å². The minimum atomic E-state index is -0.688. The third-order valence-corrected chi connectivity index (χ3v) is 4.08. The van der Waals surface area contributed by atoms with E-state index in [0.717, 1.165) is 0 Å². The van der Waals surface area contributed by atoms with Crippen LogP contribution in [0.25, 0.3) is 10.8 Å². The molecule has 1 saturated heterocycles. The highest BCUT2D eigenvalue weighted by Gasteiger charge is 2.48. The van der Waals surface area contributed by atoms with Crippen LogP contribution in [-0.4, -0.2) is 30.3 Å². The van der Waals surface area contributed by atoms with Gasteiger partial charge in [-0.25, -0.2) is 4.79 Å². The molecule has 0 aromatic heterocycles. The van der Waals surface area contributed by atoms with E-state index in [2.05, 4.69) is 0 Å². The second-order valence-corrected chi connectivity index (χ2v) is 5.27. The molecule has 0 saturated carbocycles. The molecule has 22 heavy (non-hydrogen) atoms. The van der Waals surface area contributed by atoms with Crippen LogP contribution in [0.15, 0.2) is 24.3 Å². The highest BCUT2D eigenvalue weighted by atomic mass is 16.6. The summed E-state index contributed by atoms with van der Waals surface area (Å²) in [5.41, 5.74) is 0.386. The largest absolute Gasteiger partial charge is 0.506 e. The molecule has 4 rings (SSSR count). The Morgan fingerprint density at radius 2 is 2.00 bits per heavy atom. The monoisotopic (exact) mass is 300 g/mol. The lowest BCUT2D eigenvalue weighted by Crippen LogP contribution is -2.13. The van der Waals surface area contributed by atoms with Gasteiger partial charge in [0.05, 0.1) is 19.1 Å². The van der Waals surface area contributed by atoms with Gasteiger partial charge in [-0.05, 0) is 0 Å². The molecule has 1 N–H and O–H groups in total. The normalized spacial score (nSPS) is 22.0. The number of carbonyl (C=O) groups excluding carboxylic acids is 2. The van der Waals surface area contributed by atoms with Crippen molar-refractivity contribution in [2.75, 3.05) is 7.11 Å². The summed E-state index contributed by atoms with van der Waals surface area (Å²) in [5.74, 6) is -0.791. The minimum absolute atomic E-state index is 0.00148. The third-order valence-electron chi connectivity index (χ3n) is 4.08. The molecular formula is C16H12O6. The topological polar surface area (TPSA) is 82.1 Å². The van der Waals surface area contributed by atoms with Crippen molar-refractivity contribution < 1.29 is 28.9 Å². The Hall–Kier alpha value is -2.76. The first-order valence-electron chi connectivity index (χ1n) is 6.84. The van der Waals surface area contributed by atoms with E-state index in [4.69, 9.17) is 14.2 Å². The van der Waals surface area contributed by atoms with Gasteiger partial charge < -0.3 is 19.3 Å². The Morgan fingerprint density at radius 1 is 1.27 bits per heavy atom. The van der Waals surface area contributed by atoms with Crippen LogP contribution >= 0.6 is 0 Å². The van der Waals surface area contributed by atoms with Gasteiger partial charge in [-0.15, -0.1) is 0 Å². The predicted molar refractivity (Wildman–Crippen MR) is 74.8 cm³/mol. The number of fused-ring (bicyclic) bond motifs is 5. The standard InChI is InChI=1S/C16H12O6/c1-20-16(19)11-12-14(21-9-6-10(17)22-15(9)12)8-5-3-2-4-7(8)13(11)18/h2-5,9,15,18H,6H2,1H3. The highest BCUT2D eigenvalue weighted by Crippen LogP contribution is 2.52. The van der Waals surface area contributed by atoms with E-state index in [0.29, 0.717) is 22.1 Å². The average Bonchev–Trinajstić information content (AvgIpc) is 3.04. The van der Waals surface area contributed by atoms with Gasteiger partial charge in [-0.2, -0.15) is 0 Å². The Labute approximate surface area is 125 Å². The van der Waals surface area contributed by atoms with Crippen molar-refractivity contribution in [3.05, 3.63) is 35.4 Å². The number of carbonyl (C=O) groups is 2. The van der Waals surface area contributed by atoms with Crippen LogP contribution in [0.4, 0.5) is 0 Å². The maximum atomic E-state index is 12.1. The van der Waals surface area contributed by atoms with Crippen LogP contribution in [0.5, 0.6) is 11.5 Å². The summed E-state index contributed by atoms with van der Waals surface area (Å²) in [5, 5.41) is 11.7.